The smallest absolute Gasteiger partial charge is 0.453 e. The van der Waals surface area contributed by atoms with Crippen molar-refractivity contribution in [2.75, 3.05) is 0 Å². The third-order valence-electron chi connectivity index (χ3n) is 2.24. The molecule has 0 unspecified atom stereocenters. The van der Waals surface area contributed by atoms with Gasteiger partial charge in [0.25, 0.3) is 5.88 Å². The number of carbonyl (C=O) groups is 1. The maximum absolute atomic E-state index is 11.3. The molecule has 0 atom stereocenters. The molecule has 0 bridgehead atoms. The average molecular weight is 202 g/mol. The van der Waals surface area contributed by atoms with Crippen molar-refractivity contribution >= 4 is 22.5 Å². The maximum Gasteiger partial charge on any atom is 0.453 e. The molecule has 0 aliphatic carbocycles. The predicted molar refractivity (Wildman–Crippen MR) is 54.6 cm³/mol. The lowest BCUT2D eigenvalue weighted by molar-refractivity contribution is 0.0933. The van der Waals surface area contributed by atoms with Crippen molar-refractivity contribution in [3.05, 3.63) is 29.2 Å². The average Bonchev–Trinajstić information content (AvgIpc) is 2.49. The van der Waals surface area contributed by atoms with Crippen LogP contribution in [0.4, 0.5) is 5.69 Å². The summed E-state index contributed by atoms with van der Waals surface area (Å²) in [5, 5.41) is 19.0. The molecule has 0 saturated heterocycles. The molecule has 5 nitrogen and oxygen atoms in total. The van der Waals surface area contributed by atoms with E-state index in [-0.39, 0.29) is 17.5 Å². The summed E-state index contributed by atoms with van der Waals surface area (Å²) in [6, 6.07) is 6.82. The second-order valence-corrected chi connectivity index (χ2v) is 3.14. The van der Waals surface area contributed by atoms with E-state index in [4.69, 9.17) is 5.39 Å². The van der Waals surface area contributed by atoms with E-state index in [2.05, 4.69) is 4.98 Å². The second kappa shape index (κ2) is 3.10. The van der Waals surface area contributed by atoms with E-state index in [1.807, 2.05) is 0 Å². The Bertz CT molecular complexity index is 592. The summed E-state index contributed by atoms with van der Waals surface area (Å²) >= 11 is 0. The molecule has 0 spiro atoms. The van der Waals surface area contributed by atoms with Crippen LogP contribution in [0.25, 0.3) is 15.9 Å². The first-order valence-electron chi connectivity index (χ1n) is 4.35. The topological polar surface area (TPSA) is 70.4 Å². The van der Waals surface area contributed by atoms with Crippen LogP contribution in [-0.2, 0) is 0 Å². The molecule has 0 aliphatic heterocycles. The number of para-hydroxylation sites is 1. The molecule has 0 fully saturated rings. The highest BCUT2D eigenvalue weighted by Crippen LogP contribution is 2.38. The highest BCUT2D eigenvalue weighted by molar-refractivity contribution is 6.03. The van der Waals surface area contributed by atoms with Crippen LogP contribution < -0.4 is 0 Å². The Balaban J connectivity index is 2.99. The van der Waals surface area contributed by atoms with Gasteiger partial charge in [-0.2, -0.15) is 0 Å². The van der Waals surface area contributed by atoms with Gasteiger partial charge in [0.05, 0.1) is 5.52 Å². The summed E-state index contributed by atoms with van der Waals surface area (Å²) in [6.45, 7) is 1.33. The molecule has 1 aromatic carbocycles. The maximum atomic E-state index is 11.3. The minimum atomic E-state index is -0.341. The Morgan fingerprint density at radius 2 is 2.13 bits per heavy atom. The van der Waals surface area contributed by atoms with Crippen LogP contribution in [0.5, 0.6) is 5.88 Å². The van der Waals surface area contributed by atoms with E-state index in [1.165, 1.54) is 6.92 Å². The molecular weight excluding hydrogens is 194 g/mol. The number of benzene rings is 1. The van der Waals surface area contributed by atoms with Gasteiger partial charge in [-0.25, -0.2) is 4.57 Å². The molecule has 1 aromatic heterocycles. The molecule has 1 heterocycles. The van der Waals surface area contributed by atoms with Crippen molar-refractivity contribution in [1.82, 2.24) is 4.57 Å². The minimum Gasteiger partial charge on any atom is -0.488 e. The van der Waals surface area contributed by atoms with E-state index in [0.717, 1.165) is 4.57 Å². The van der Waals surface area contributed by atoms with E-state index in [9.17, 15) is 9.90 Å². The van der Waals surface area contributed by atoms with Crippen LogP contribution >= 0.6 is 0 Å². The molecular formula is C10H8N3O2+. The van der Waals surface area contributed by atoms with Gasteiger partial charge in [-0.15, -0.1) is 0 Å². The Morgan fingerprint density at radius 1 is 1.47 bits per heavy atom. The summed E-state index contributed by atoms with van der Waals surface area (Å²) in [5.74, 6) is -0.676. The molecule has 0 aliphatic rings. The van der Waals surface area contributed by atoms with Crippen LogP contribution in [0.2, 0.25) is 0 Å². The van der Waals surface area contributed by atoms with E-state index >= 15 is 0 Å². The molecule has 0 radical (unpaired) electrons. The summed E-state index contributed by atoms with van der Waals surface area (Å²) in [6.07, 6.45) is 0. The van der Waals surface area contributed by atoms with Crippen molar-refractivity contribution in [3.63, 3.8) is 0 Å². The normalized spacial score (nSPS) is 10.1. The van der Waals surface area contributed by atoms with Gasteiger partial charge < -0.3 is 5.11 Å². The monoisotopic (exact) mass is 202 g/mol. The number of nitrogens with zero attached hydrogens (tertiary/aromatic N) is 3. The van der Waals surface area contributed by atoms with Crippen molar-refractivity contribution in [3.8, 4) is 5.88 Å². The van der Waals surface area contributed by atoms with Gasteiger partial charge in [0.2, 0.25) is 11.3 Å². The zero-order chi connectivity index (χ0) is 11.0. The third kappa shape index (κ3) is 1.15. The number of aromatic hydroxyl groups is 1. The fourth-order valence-corrected chi connectivity index (χ4v) is 1.63. The van der Waals surface area contributed by atoms with Crippen molar-refractivity contribution < 1.29 is 9.90 Å². The standard InChI is InChI=1S/C10H7N3O2/c1-6(14)13-8-5-3-2-4-7(8)9(12-11)10(13)15/h2-5H,1H3/p+1. The summed E-state index contributed by atoms with van der Waals surface area (Å²) < 4.78 is 1.10. The van der Waals surface area contributed by atoms with Crippen molar-refractivity contribution in [2.24, 2.45) is 0 Å². The first kappa shape index (κ1) is 9.21. The Labute approximate surface area is 85.2 Å². The zero-order valence-electron chi connectivity index (χ0n) is 8.01. The SMILES string of the molecule is CC(=O)n1c(O)c([N+]#N)c2ccccc21. The van der Waals surface area contributed by atoms with Crippen molar-refractivity contribution in [2.45, 2.75) is 6.92 Å². The van der Waals surface area contributed by atoms with Crippen LogP contribution in [0.1, 0.15) is 11.7 Å². The number of hydrogen-bond donors (Lipinski definition) is 1. The lowest BCUT2D eigenvalue weighted by Gasteiger charge is -1.97. The van der Waals surface area contributed by atoms with Gasteiger partial charge in [-0.1, -0.05) is 12.1 Å². The Morgan fingerprint density at radius 3 is 2.73 bits per heavy atom. The fraction of sp³-hybridized carbons (Fsp3) is 0.100. The number of carbonyl (C=O) groups excluding carboxylic acids is 1. The first-order valence-corrected chi connectivity index (χ1v) is 4.35. The number of rotatable bonds is 0. The summed E-state index contributed by atoms with van der Waals surface area (Å²) in [7, 11) is 0. The largest absolute Gasteiger partial charge is 0.488 e. The number of aromatic nitrogens is 1. The molecule has 1 N–H and O–H groups in total. The van der Waals surface area contributed by atoms with Gasteiger partial charge in [0, 0.05) is 6.92 Å². The fourth-order valence-electron chi connectivity index (χ4n) is 1.63. The van der Waals surface area contributed by atoms with E-state index < -0.39 is 0 Å². The lowest BCUT2D eigenvalue weighted by Crippen LogP contribution is -2.03. The molecule has 0 amide bonds. The van der Waals surface area contributed by atoms with Gasteiger partial charge in [-0.3, -0.25) is 4.79 Å². The molecule has 15 heavy (non-hydrogen) atoms. The quantitative estimate of drug-likeness (QED) is 0.667. The lowest BCUT2D eigenvalue weighted by atomic mass is 10.2. The molecule has 2 rings (SSSR count). The third-order valence-corrected chi connectivity index (χ3v) is 2.24. The van der Waals surface area contributed by atoms with Gasteiger partial charge >= 0.3 is 5.69 Å². The predicted octanol–water partition coefficient (Wildman–Crippen LogP) is 2.49. The number of fused-ring (bicyclic) bond motifs is 1. The van der Waals surface area contributed by atoms with Crippen molar-refractivity contribution in [1.29, 1.82) is 5.39 Å². The van der Waals surface area contributed by atoms with Gasteiger partial charge in [-0.05, 0) is 12.1 Å². The summed E-state index contributed by atoms with van der Waals surface area (Å²) in [4.78, 5) is 14.3. The Kier molecular flexibility index (Phi) is 1.90. The van der Waals surface area contributed by atoms with Gasteiger partial charge in [0.15, 0.2) is 4.98 Å². The number of diazo groups is 1. The molecule has 0 saturated carbocycles. The first-order chi connectivity index (χ1) is 7.16. The highest BCUT2D eigenvalue weighted by Gasteiger charge is 2.27. The number of hydrogen-bond acceptors (Lipinski definition) is 3. The highest BCUT2D eigenvalue weighted by atomic mass is 16.3. The minimum absolute atomic E-state index is 0.0146. The van der Waals surface area contributed by atoms with Crippen LogP contribution in [-0.4, -0.2) is 15.6 Å². The van der Waals surface area contributed by atoms with E-state index in [1.54, 1.807) is 24.3 Å². The Hall–Kier alpha value is -2.35. The second-order valence-electron chi connectivity index (χ2n) is 3.14. The zero-order valence-corrected chi connectivity index (χ0v) is 8.01. The van der Waals surface area contributed by atoms with E-state index in [0.29, 0.717) is 10.9 Å². The van der Waals surface area contributed by atoms with Crippen LogP contribution in [0, 0.1) is 5.39 Å². The molecule has 74 valence electrons. The molecule has 2 aromatic rings. The van der Waals surface area contributed by atoms with Gasteiger partial charge in [0.1, 0.15) is 5.39 Å². The molecule has 5 heteroatoms. The van der Waals surface area contributed by atoms with Crippen LogP contribution in [0.15, 0.2) is 24.3 Å². The van der Waals surface area contributed by atoms with Crippen LogP contribution in [0.3, 0.4) is 0 Å². The summed E-state index contributed by atoms with van der Waals surface area (Å²) in [5.41, 5.74) is 0.538.